The zero-order valence-electron chi connectivity index (χ0n) is 12.5. The Kier molecular flexibility index (Phi) is 4.72. The molecule has 2 aromatic carbocycles. The van der Waals surface area contributed by atoms with Gasteiger partial charge in [-0.1, -0.05) is 12.1 Å². The largest absolute Gasteiger partial charge is 0.484 e. The third-order valence-corrected chi connectivity index (χ3v) is 3.82. The number of carbonyl (C=O) groups is 1. The van der Waals surface area contributed by atoms with Crippen LogP contribution in [0.15, 0.2) is 53.9 Å². The lowest BCUT2D eigenvalue weighted by atomic mass is 10.2. The number of anilines is 2. The molecule has 3 aromatic rings. The van der Waals surface area contributed by atoms with Gasteiger partial charge in [0, 0.05) is 16.6 Å². The molecule has 0 unspecified atom stereocenters. The Balaban J connectivity index is 1.60. The standard InChI is InChI=1S/C17H14FN3O2S/c18-12-4-6-13(7-5-12)20-16(22)9-23-14-3-1-2-11(8-14)15-10-24-17(19)21-15/h1-8,10H,9H2,(H2,19,21)(H,20,22). The summed E-state index contributed by atoms with van der Waals surface area (Å²) >= 11 is 1.36. The molecule has 5 nitrogen and oxygen atoms in total. The zero-order valence-corrected chi connectivity index (χ0v) is 13.3. The number of thiazole rings is 1. The smallest absolute Gasteiger partial charge is 0.262 e. The van der Waals surface area contributed by atoms with Gasteiger partial charge in [0.1, 0.15) is 11.6 Å². The van der Waals surface area contributed by atoms with Crippen LogP contribution in [0.25, 0.3) is 11.3 Å². The van der Waals surface area contributed by atoms with Crippen LogP contribution in [-0.4, -0.2) is 17.5 Å². The maximum absolute atomic E-state index is 12.8. The van der Waals surface area contributed by atoms with E-state index in [1.165, 1.54) is 35.6 Å². The summed E-state index contributed by atoms with van der Waals surface area (Å²) in [5.41, 5.74) is 7.77. The van der Waals surface area contributed by atoms with Gasteiger partial charge >= 0.3 is 0 Å². The summed E-state index contributed by atoms with van der Waals surface area (Å²) in [6, 6.07) is 12.8. The van der Waals surface area contributed by atoms with Crippen LogP contribution in [-0.2, 0) is 4.79 Å². The van der Waals surface area contributed by atoms with Crippen molar-refractivity contribution in [2.75, 3.05) is 17.7 Å². The number of nitrogen functional groups attached to an aromatic ring is 1. The quantitative estimate of drug-likeness (QED) is 0.743. The fourth-order valence-electron chi connectivity index (χ4n) is 2.04. The summed E-state index contributed by atoms with van der Waals surface area (Å²) in [6.45, 7) is -0.153. The van der Waals surface area contributed by atoms with Gasteiger partial charge in [-0.3, -0.25) is 4.79 Å². The van der Waals surface area contributed by atoms with Crippen LogP contribution >= 0.6 is 11.3 Å². The highest BCUT2D eigenvalue weighted by Crippen LogP contribution is 2.26. The maximum Gasteiger partial charge on any atom is 0.262 e. The molecular formula is C17H14FN3O2S. The van der Waals surface area contributed by atoms with Crippen molar-refractivity contribution in [3.8, 4) is 17.0 Å². The number of amides is 1. The number of hydrogen-bond acceptors (Lipinski definition) is 5. The van der Waals surface area contributed by atoms with Crippen LogP contribution < -0.4 is 15.8 Å². The van der Waals surface area contributed by atoms with E-state index in [0.29, 0.717) is 16.6 Å². The predicted molar refractivity (Wildman–Crippen MR) is 92.5 cm³/mol. The van der Waals surface area contributed by atoms with Crippen molar-refractivity contribution < 1.29 is 13.9 Å². The summed E-state index contributed by atoms with van der Waals surface area (Å²) < 4.78 is 18.3. The highest BCUT2D eigenvalue weighted by molar-refractivity contribution is 7.13. The molecule has 0 aliphatic rings. The summed E-state index contributed by atoms with van der Waals surface area (Å²) in [6.07, 6.45) is 0. The number of nitrogens with two attached hydrogens (primary N) is 1. The highest BCUT2D eigenvalue weighted by atomic mass is 32.1. The first-order valence-corrected chi connectivity index (χ1v) is 7.98. The summed E-state index contributed by atoms with van der Waals surface area (Å²) in [4.78, 5) is 16.1. The second kappa shape index (κ2) is 7.10. The molecule has 0 aliphatic carbocycles. The Morgan fingerprint density at radius 3 is 2.75 bits per heavy atom. The Labute approximate surface area is 141 Å². The monoisotopic (exact) mass is 343 g/mol. The molecule has 0 bridgehead atoms. The van der Waals surface area contributed by atoms with E-state index in [9.17, 15) is 9.18 Å². The lowest BCUT2D eigenvalue weighted by molar-refractivity contribution is -0.118. The number of nitrogens with one attached hydrogen (secondary N) is 1. The van der Waals surface area contributed by atoms with E-state index in [4.69, 9.17) is 10.5 Å². The number of ether oxygens (including phenoxy) is 1. The van der Waals surface area contributed by atoms with Gasteiger partial charge in [-0.25, -0.2) is 9.37 Å². The van der Waals surface area contributed by atoms with Gasteiger partial charge in [0.05, 0.1) is 5.69 Å². The molecule has 0 saturated heterocycles. The van der Waals surface area contributed by atoms with Crippen LogP contribution in [0.4, 0.5) is 15.2 Å². The number of carbonyl (C=O) groups excluding carboxylic acids is 1. The number of benzene rings is 2. The molecule has 1 aromatic heterocycles. The van der Waals surface area contributed by atoms with E-state index in [0.717, 1.165) is 11.3 Å². The molecule has 1 heterocycles. The average molecular weight is 343 g/mol. The molecule has 0 saturated carbocycles. The Morgan fingerprint density at radius 1 is 1.25 bits per heavy atom. The molecule has 7 heteroatoms. The molecule has 3 N–H and O–H groups in total. The minimum atomic E-state index is -0.358. The Bertz CT molecular complexity index is 849. The molecule has 0 aliphatic heterocycles. The SMILES string of the molecule is Nc1nc(-c2cccc(OCC(=O)Nc3ccc(F)cc3)c2)cs1. The lowest BCUT2D eigenvalue weighted by Crippen LogP contribution is -2.20. The normalized spacial score (nSPS) is 10.4. The van der Waals surface area contributed by atoms with Crippen molar-refractivity contribution in [1.29, 1.82) is 0 Å². The molecule has 0 fully saturated rings. The Morgan fingerprint density at radius 2 is 2.04 bits per heavy atom. The fourth-order valence-corrected chi connectivity index (χ4v) is 2.62. The van der Waals surface area contributed by atoms with Gasteiger partial charge in [-0.05, 0) is 36.4 Å². The predicted octanol–water partition coefficient (Wildman–Crippen LogP) is 3.55. The van der Waals surface area contributed by atoms with Crippen LogP contribution in [0.3, 0.4) is 0 Å². The van der Waals surface area contributed by atoms with Crippen molar-refractivity contribution in [3.63, 3.8) is 0 Å². The van der Waals surface area contributed by atoms with Crippen molar-refractivity contribution in [2.45, 2.75) is 0 Å². The van der Waals surface area contributed by atoms with Crippen LogP contribution in [0, 0.1) is 5.82 Å². The molecule has 0 spiro atoms. The van der Waals surface area contributed by atoms with E-state index in [1.54, 1.807) is 12.1 Å². The third kappa shape index (κ3) is 4.08. The molecule has 0 atom stereocenters. The number of nitrogens with zero attached hydrogens (tertiary/aromatic N) is 1. The summed E-state index contributed by atoms with van der Waals surface area (Å²) in [7, 11) is 0. The van der Waals surface area contributed by atoms with Gasteiger partial charge in [-0.15, -0.1) is 11.3 Å². The molecule has 24 heavy (non-hydrogen) atoms. The third-order valence-electron chi connectivity index (χ3n) is 3.15. The first-order chi connectivity index (χ1) is 11.6. The van der Waals surface area contributed by atoms with E-state index < -0.39 is 0 Å². The van der Waals surface area contributed by atoms with Crippen molar-refractivity contribution in [3.05, 3.63) is 59.7 Å². The van der Waals surface area contributed by atoms with Crippen LogP contribution in [0.2, 0.25) is 0 Å². The minimum absolute atomic E-state index is 0.153. The molecular weight excluding hydrogens is 329 g/mol. The fraction of sp³-hybridized carbons (Fsp3) is 0.0588. The summed E-state index contributed by atoms with van der Waals surface area (Å²) in [5, 5.41) is 4.98. The zero-order chi connectivity index (χ0) is 16.9. The van der Waals surface area contributed by atoms with Crippen LogP contribution in [0.1, 0.15) is 0 Å². The highest BCUT2D eigenvalue weighted by Gasteiger charge is 2.07. The van der Waals surface area contributed by atoms with Gasteiger partial charge in [0.25, 0.3) is 5.91 Å². The number of rotatable bonds is 5. The Hall–Kier alpha value is -2.93. The second-order valence-corrected chi connectivity index (χ2v) is 5.83. The first-order valence-electron chi connectivity index (χ1n) is 7.10. The molecule has 1 amide bonds. The van der Waals surface area contributed by atoms with E-state index in [1.807, 2.05) is 17.5 Å². The van der Waals surface area contributed by atoms with Crippen LogP contribution in [0.5, 0.6) is 5.75 Å². The van der Waals surface area contributed by atoms with Gasteiger partial charge in [0.2, 0.25) is 0 Å². The molecule has 3 rings (SSSR count). The van der Waals surface area contributed by atoms with Gasteiger partial charge in [0.15, 0.2) is 11.7 Å². The number of halogens is 1. The molecule has 0 radical (unpaired) electrons. The topological polar surface area (TPSA) is 77.2 Å². The second-order valence-electron chi connectivity index (χ2n) is 4.94. The van der Waals surface area contributed by atoms with Crippen molar-refractivity contribution >= 4 is 28.1 Å². The van der Waals surface area contributed by atoms with Crippen molar-refractivity contribution in [2.24, 2.45) is 0 Å². The van der Waals surface area contributed by atoms with E-state index in [2.05, 4.69) is 10.3 Å². The minimum Gasteiger partial charge on any atom is -0.484 e. The number of hydrogen-bond donors (Lipinski definition) is 2. The summed E-state index contributed by atoms with van der Waals surface area (Å²) in [5.74, 6) is -0.137. The first kappa shape index (κ1) is 15.9. The maximum atomic E-state index is 12.8. The van der Waals surface area contributed by atoms with E-state index >= 15 is 0 Å². The van der Waals surface area contributed by atoms with Crippen molar-refractivity contribution in [1.82, 2.24) is 4.98 Å². The number of aromatic nitrogens is 1. The average Bonchev–Trinajstić information content (AvgIpc) is 3.02. The molecule has 122 valence electrons. The van der Waals surface area contributed by atoms with Gasteiger partial charge < -0.3 is 15.8 Å². The van der Waals surface area contributed by atoms with E-state index in [-0.39, 0.29) is 18.3 Å². The van der Waals surface area contributed by atoms with Gasteiger partial charge in [-0.2, -0.15) is 0 Å². The lowest BCUT2D eigenvalue weighted by Gasteiger charge is -2.08.